The summed E-state index contributed by atoms with van der Waals surface area (Å²) in [6.07, 6.45) is 2.68. The van der Waals surface area contributed by atoms with Crippen molar-refractivity contribution in [3.05, 3.63) is 28.7 Å². The quantitative estimate of drug-likeness (QED) is 0.858. The number of piperidine rings is 1. The average Bonchev–Trinajstić information content (AvgIpc) is 2.40. The van der Waals surface area contributed by atoms with Crippen LogP contribution in [-0.2, 0) is 0 Å². The topological polar surface area (TPSA) is 18.5 Å². The van der Waals surface area contributed by atoms with Gasteiger partial charge in [-0.25, -0.2) is 0 Å². The SMILES string of the molecule is CN(C)CC1CCN(CCNc2cccc(Br)c2)CC1. The molecule has 1 fully saturated rings. The number of likely N-dealkylation sites (tertiary alicyclic amines) is 1. The van der Waals surface area contributed by atoms with Gasteiger partial charge in [-0.3, -0.25) is 0 Å². The molecule has 1 saturated heterocycles. The summed E-state index contributed by atoms with van der Waals surface area (Å²) in [6.45, 7) is 5.90. The van der Waals surface area contributed by atoms with Gasteiger partial charge in [0.1, 0.15) is 0 Å². The van der Waals surface area contributed by atoms with Crippen molar-refractivity contribution >= 4 is 21.6 Å². The van der Waals surface area contributed by atoms with Crippen LogP contribution in [0.25, 0.3) is 0 Å². The van der Waals surface area contributed by atoms with Gasteiger partial charge in [-0.1, -0.05) is 22.0 Å². The Hall–Kier alpha value is -0.580. The molecule has 1 aliphatic rings. The number of nitrogens with one attached hydrogen (secondary N) is 1. The molecule has 4 heteroatoms. The average molecular weight is 340 g/mol. The van der Waals surface area contributed by atoms with E-state index >= 15 is 0 Å². The fraction of sp³-hybridized carbons (Fsp3) is 0.625. The third-order valence-corrected chi connectivity index (χ3v) is 4.41. The molecule has 0 bridgehead atoms. The molecule has 0 spiro atoms. The second-order valence-electron chi connectivity index (χ2n) is 5.98. The van der Waals surface area contributed by atoms with E-state index in [0.717, 1.165) is 23.5 Å². The summed E-state index contributed by atoms with van der Waals surface area (Å²) >= 11 is 3.50. The van der Waals surface area contributed by atoms with Gasteiger partial charge in [0.2, 0.25) is 0 Å². The molecular formula is C16H26BrN3. The molecule has 1 heterocycles. The Kier molecular flexibility index (Phi) is 6.33. The van der Waals surface area contributed by atoms with Gasteiger partial charge in [-0.2, -0.15) is 0 Å². The van der Waals surface area contributed by atoms with Crippen LogP contribution in [0, 0.1) is 5.92 Å². The Morgan fingerprint density at radius 1 is 1.30 bits per heavy atom. The number of anilines is 1. The van der Waals surface area contributed by atoms with Crippen LogP contribution >= 0.6 is 15.9 Å². The lowest BCUT2D eigenvalue weighted by Gasteiger charge is -2.33. The fourth-order valence-corrected chi connectivity index (χ4v) is 3.27. The van der Waals surface area contributed by atoms with Crippen LogP contribution in [0.3, 0.4) is 0 Å². The van der Waals surface area contributed by atoms with Crippen LogP contribution in [0.4, 0.5) is 5.69 Å². The molecule has 0 saturated carbocycles. The number of hydrogen-bond acceptors (Lipinski definition) is 3. The van der Waals surface area contributed by atoms with Crippen molar-refractivity contribution in [2.75, 3.05) is 52.1 Å². The summed E-state index contributed by atoms with van der Waals surface area (Å²) in [7, 11) is 4.35. The van der Waals surface area contributed by atoms with E-state index in [2.05, 4.69) is 69.4 Å². The van der Waals surface area contributed by atoms with Crippen molar-refractivity contribution in [1.29, 1.82) is 0 Å². The third kappa shape index (κ3) is 5.43. The number of hydrogen-bond donors (Lipinski definition) is 1. The second-order valence-corrected chi connectivity index (χ2v) is 6.90. The molecule has 3 nitrogen and oxygen atoms in total. The van der Waals surface area contributed by atoms with Crippen LogP contribution in [0.15, 0.2) is 28.7 Å². The zero-order valence-electron chi connectivity index (χ0n) is 12.6. The van der Waals surface area contributed by atoms with Crippen molar-refractivity contribution in [3.63, 3.8) is 0 Å². The maximum atomic E-state index is 3.50. The Morgan fingerprint density at radius 2 is 2.05 bits per heavy atom. The second kappa shape index (κ2) is 8.01. The molecule has 0 radical (unpaired) electrons. The zero-order chi connectivity index (χ0) is 14.4. The largest absolute Gasteiger partial charge is 0.384 e. The van der Waals surface area contributed by atoms with Crippen molar-refractivity contribution in [2.24, 2.45) is 5.92 Å². The monoisotopic (exact) mass is 339 g/mol. The smallest absolute Gasteiger partial charge is 0.0351 e. The van der Waals surface area contributed by atoms with Gasteiger partial charge in [-0.15, -0.1) is 0 Å². The number of nitrogens with zero attached hydrogens (tertiary/aromatic N) is 2. The molecule has 2 rings (SSSR count). The summed E-state index contributed by atoms with van der Waals surface area (Å²) in [5.41, 5.74) is 1.20. The van der Waals surface area contributed by atoms with Crippen LogP contribution in [-0.4, -0.2) is 56.6 Å². The minimum Gasteiger partial charge on any atom is -0.384 e. The van der Waals surface area contributed by atoms with Crippen molar-refractivity contribution in [1.82, 2.24) is 9.80 Å². The summed E-state index contributed by atoms with van der Waals surface area (Å²) in [4.78, 5) is 4.90. The van der Waals surface area contributed by atoms with E-state index in [4.69, 9.17) is 0 Å². The first-order chi connectivity index (χ1) is 9.63. The molecular weight excluding hydrogens is 314 g/mol. The number of rotatable bonds is 6. The van der Waals surface area contributed by atoms with E-state index in [1.54, 1.807) is 0 Å². The maximum Gasteiger partial charge on any atom is 0.0351 e. The van der Waals surface area contributed by atoms with Crippen molar-refractivity contribution in [3.8, 4) is 0 Å². The summed E-state index contributed by atoms with van der Waals surface area (Å²) in [5.74, 6) is 0.888. The van der Waals surface area contributed by atoms with Gasteiger partial charge in [0.15, 0.2) is 0 Å². The zero-order valence-corrected chi connectivity index (χ0v) is 14.2. The molecule has 1 aromatic carbocycles. The maximum absolute atomic E-state index is 3.50. The van der Waals surface area contributed by atoms with E-state index in [-0.39, 0.29) is 0 Å². The van der Waals surface area contributed by atoms with Gasteiger partial charge in [0.05, 0.1) is 0 Å². The van der Waals surface area contributed by atoms with Gasteiger partial charge in [-0.05, 0) is 64.1 Å². The summed E-state index contributed by atoms with van der Waals surface area (Å²) in [5, 5.41) is 3.50. The molecule has 0 aromatic heterocycles. The van der Waals surface area contributed by atoms with Gasteiger partial charge < -0.3 is 15.1 Å². The molecule has 0 amide bonds. The minimum absolute atomic E-state index is 0.888. The number of benzene rings is 1. The highest BCUT2D eigenvalue weighted by atomic mass is 79.9. The third-order valence-electron chi connectivity index (χ3n) is 3.91. The first-order valence-electron chi connectivity index (χ1n) is 7.50. The Morgan fingerprint density at radius 3 is 2.70 bits per heavy atom. The predicted octanol–water partition coefficient (Wildman–Crippen LogP) is 3.13. The van der Waals surface area contributed by atoms with Crippen LogP contribution in [0.5, 0.6) is 0 Å². The molecule has 112 valence electrons. The first-order valence-corrected chi connectivity index (χ1v) is 8.29. The lowest BCUT2D eigenvalue weighted by atomic mass is 9.96. The van der Waals surface area contributed by atoms with E-state index in [9.17, 15) is 0 Å². The van der Waals surface area contributed by atoms with Crippen LogP contribution < -0.4 is 5.32 Å². The Labute approximate surface area is 131 Å². The predicted molar refractivity (Wildman–Crippen MR) is 90.3 cm³/mol. The lowest BCUT2D eigenvalue weighted by Crippen LogP contribution is -2.39. The number of halogens is 1. The molecule has 20 heavy (non-hydrogen) atoms. The Balaban J connectivity index is 1.64. The van der Waals surface area contributed by atoms with E-state index in [1.165, 1.54) is 38.2 Å². The van der Waals surface area contributed by atoms with Crippen LogP contribution in [0.2, 0.25) is 0 Å². The van der Waals surface area contributed by atoms with Gasteiger partial charge >= 0.3 is 0 Å². The van der Waals surface area contributed by atoms with Gasteiger partial charge in [0.25, 0.3) is 0 Å². The van der Waals surface area contributed by atoms with E-state index in [1.807, 2.05) is 0 Å². The van der Waals surface area contributed by atoms with Crippen molar-refractivity contribution < 1.29 is 0 Å². The molecule has 1 N–H and O–H groups in total. The van der Waals surface area contributed by atoms with E-state index < -0.39 is 0 Å². The first kappa shape index (κ1) is 15.8. The van der Waals surface area contributed by atoms with Crippen molar-refractivity contribution in [2.45, 2.75) is 12.8 Å². The highest BCUT2D eigenvalue weighted by molar-refractivity contribution is 9.10. The highest BCUT2D eigenvalue weighted by Gasteiger charge is 2.18. The minimum atomic E-state index is 0.888. The molecule has 1 aromatic rings. The molecule has 1 aliphatic heterocycles. The van der Waals surface area contributed by atoms with Gasteiger partial charge in [0, 0.05) is 29.8 Å². The normalized spacial score (nSPS) is 17.6. The fourth-order valence-electron chi connectivity index (χ4n) is 2.87. The standard InChI is InChI=1S/C16H26BrN3/c1-19(2)13-14-6-9-20(10-7-14)11-8-18-16-5-3-4-15(17)12-16/h3-5,12,14,18H,6-11,13H2,1-2H3. The highest BCUT2D eigenvalue weighted by Crippen LogP contribution is 2.18. The molecule has 0 aliphatic carbocycles. The van der Waals surface area contributed by atoms with E-state index in [0.29, 0.717) is 0 Å². The van der Waals surface area contributed by atoms with Crippen LogP contribution in [0.1, 0.15) is 12.8 Å². The lowest BCUT2D eigenvalue weighted by molar-refractivity contribution is 0.167. The molecule has 0 atom stereocenters. The molecule has 0 unspecified atom stereocenters. The summed E-state index contributed by atoms with van der Waals surface area (Å²) < 4.78 is 1.13. The Bertz CT molecular complexity index is 400. The summed E-state index contributed by atoms with van der Waals surface area (Å²) in [6, 6.07) is 8.37.